The molecule has 0 aromatic rings. The maximum atomic E-state index is 11.7. The van der Waals surface area contributed by atoms with E-state index >= 15 is 0 Å². The van der Waals surface area contributed by atoms with Crippen LogP contribution in [0.3, 0.4) is 0 Å². The molecule has 98 valence electrons. The number of methoxy groups -OCH3 is 1. The molecule has 16 heavy (non-hydrogen) atoms. The lowest BCUT2D eigenvalue weighted by Gasteiger charge is -2.17. The third-order valence-corrected chi connectivity index (χ3v) is 3.71. The summed E-state index contributed by atoms with van der Waals surface area (Å²) < 4.78 is 31.0. The Morgan fingerprint density at radius 1 is 1.38 bits per heavy atom. The number of rotatable bonds is 10. The quantitative estimate of drug-likeness (QED) is 0.550. The first-order valence-electron chi connectivity index (χ1n) is 5.69. The molecule has 0 aliphatic rings. The molecule has 0 heterocycles. The molecule has 0 spiro atoms. The molecule has 5 nitrogen and oxygen atoms in total. The summed E-state index contributed by atoms with van der Waals surface area (Å²) in [5, 5.41) is 2.93. The Bertz CT molecular complexity index is 249. The Labute approximate surface area is 99.0 Å². The monoisotopic (exact) mass is 252 g/mol. The van der Waals surface area contributed by atoms with Crippen molar-refractivity contribution in [1.82, 2.24) is 10.0 Å². The highest BCUT2D eigenvalue weighted by Crippen LogP contribution is 2.00. The van der Waals surface area contributed by atoms with Gasteiger partial charge in [-0.05, 0) is 26.4 Å². The summed E-state index contributed by atoms with van der Waals surface area (Å²) in [6, 6.07) is -0.102. The highest BCUT2D eigenvalue weighted by Gasteiger charge is 2.16. The van der Waals surface area contributed by atoms with E-state index in [4.69, 9.17) is 4.74 Å². The van der Waals surface area contributed by atoms with Gasteiger partial charge in [0.2, 0.25) is 10.0 Å². The predicted octanol–water partition coefficient (Wildman–Crippen LogP) is 0.330. The third kappa shape index (κ3) is 8.04. The minimum Gasteiger partial charge on any atom is -0.383 e. The van der Waals surface area contributed by atoms with E-state index in [1.54, 1.807) is 7.11 Å². The molecule has 0 saturated carbocycles. The van der Waals surface area contributed by atoms with Crippen molar-refractivity contribution in [2.24, 2.45) is 0 Å². The Balaban J connectivity index is 4.08. The Morgan fingerprint density at radius 3 is 2.56 bits per heavy atom. The number of hydrogen-bond acceptors (Lipinski definition) is 4. The van der Waals surface area contributed by atoms with Crippen LogP contribution in [0, 0.1) is 0 Å². The van der Waals surface area contributed by atoms with Crippen molar-refractivity contribution in [1.29, 1.82) is 0 Å². The Hall–Kier alpha value is -0.170. The van der Waals surface area contributed by atoms with Crippen molar-refractivity contribution in [2.45, 2.75) is 32.2 Å². The molecule has 0 amide bonds. The summed E-state index contributed by atoms with van der Waals surface area (Å²) in [5.74, 6) is 0.164. The van der Waals surface area contributed by atoms with Crippen LogP contribution in [-0.2, 0) is 14.8 Å². The first-order chi connectivity index (χ1) is 7.55. The summed E-state index contributed by atoms with van der Waals surface area (Å²) in [7, 11) is 0.224. The first kappa shape index (κ1) is 15.8. The van der Waals surface area contributed by atoms with Crippen LogP contribution in [0.4, 0.5) is 0 Å². The first-order valence-corrected chi connectivity index (χ1v) is 7.34. The van der Waals surface area contributed by atoms with Crippen molar-refractivity contribution >= 4 is 10.0 Å². The molecule has 6 heteroatoms. The molecule has 0 saturated heterocycles. The van der Waals surface area contributed by atoms with E-state index in [0.717, 1.165) is 12.8 Å². The van der Waals surface area contributed by atoms with Crippen LogP contribution < -0.4 is 10.0 Å². The molecule has 0 aromatic heterocycles. The van der Waals surface area contributed by atoms with E-state index in [0.29, 0.717) is 19.6 Å². The van der Waals surface area contributed by atoms with Crippen molar-refractivity contribution < 1.29 is 13.2 Å². The van der Waals surface area contributed by atoms with Gasteiger partial charge in [0.1, 0.15) is 0 Å². The normalized spacial score (nSPS) is 13.9. The largest absolute Gasteiger partial charge is 0.383 e. The zero-order valence-corrected chi connectivity index (χ0v) is 11.3. The summed E-state index contributed by atoms with van der Waals surface area (Å²) in [5.41, 5.74) is 0. The second-order valence-corrected chi connectivity index (χ2v) is 5.71. The number of hydrogen-bond donors (Lipinski definition) is 2. The molecular weight excluding hydrogens is 228 g/mol. The minimum absolute atomic E-state index is 0.102. The second kappa shape index (κ2) is 8.92. The molecule has 0 rings (SSSR count). The fourth-order valence-corrected chi connectivity index (χ4v) is 2.81. The van der Waals surface area contributed by atoms with Crippen LogP contribution in [0.25, 0.3) is 0 Å². The van der Waals surface area contributed by atoms with Crippen molar-refractivity contribution in [3.05, 3.63) is 0 Å². The van der Waals surface area contributed by atoms with Crippen LogP contribution >= 0.6 is 0 Å². The number of ether oxygens (including phenoxy) is 1. The fourth-order valence-electron chi connectivity index (χ4n) is 1.48. The van der Waals surface area contributed by atoms with Gasteiger partial charge in [0.05, 0.1) is 12.4 Å². The predicted molar refractivity (Wildman–Crippen MR) is 66.0 cm³/mol. The zero-order valence-electron chi connectivity index (χ0n) is 10.5. The smallest absolute Gasteiger partial charge is 0.211 e. The number of sulfonamides is 1. The molecule has 0 bridgehead atoms. The molecule has 0 aromatic carbocycles. The average Bonchev–Trinajstić information content (AvgIpc) is 2.18. The van der Waals surface area contributed by atoms with Crippen LogP contribution in [-0.4, -0.2) is 47.5 Å². The van der Waals surface area contributed by atoms with Crippen LogP contribution in [0.15, 0.2) is 0 Å². The zero-order chi connectivity index (χ0) is 12.4. The summed E-state index contributed by atoms with van der Waals surface area (Å²) >= 11 is 0. The van der Waals surface area contributed by atoms with E-state index in [2.05, 4.69) is 10.0 Å². The van der Waals surface area contributed by atoms with Gasteiger partial charge in [0.15, 0.2) is 0 Å². The van der Waals surface area contributed by atoms with Crippen molar-refractivity contribution in [3.63, 3.8) is 0 Å². The third-order valence-electron chi connectivity index (χ3n) is 2.19. The number of nitrogens with one attached hydrogen (secondary N) is 2. The van der Waals surface area contributed by atoms with Gasteiger partial charge in [0, 0.05) is 13.2 Å². The topological polar surface area (TPSA) is 67.4 Å². The fraction of sp³-hybridized carbons (Fsp3) is 1.00. The highest BCUT2D eigenvalue weighted by atomic mass is 32.2. The molecule has 2 N–H and O–H groups in total. The van der Waals surface area contributed by atoms with Gasteiger partial charge >= 0.3 is 0 Å². The lowest BCUT2D eigenvalue weighted by atomic mass is 10.2. The van der Waals surface area contributed by atoms with Gasteiger partial charge in [-0.25, -0.2) is 13.1 Å². The van der Waals surface area contributed by atoms with Gasteiger partial charge < -0.3 is 10.1 Å². The molecule has 0 aliphatic heterocycles. The van der Waals surface area contributed by atoms with Crippen LogP contribution in [0.5, 0.6) is 0 Å². The molecule has 0 fully saturated rings. The van der Waals surface area contributed by atoms with E-state index in [1.807, 2.05) is 14.0 Å². The SMILES string of the molecule is CCCC(COC)NS(=O)(=O)CCCNC. The van der Waals surface area contributed by atoms with Gasteiger partial charge in [-0.3, -0.25) is 0 Å². The van der Waals surface area contributed by atoms with E-state index in [9.17, 15) is 8.42 Å². The van der Waals surface area contributed by atoms with Crippen LogP contribution in [0.2, 0.25) is 0 Å². The standard InChI is InChI=1S/C10H24N2O3S/c1-4-6-10(9-15-3)12-16(13,14)8-5-7-11-2/h10-12H,4-9H2,1-3H3. The lowest BCUT2D eigenvalue weighted by molar-refractivity contribution is 0.171. The minimum atomic E-state index is -3.17. The lowest BCUT2D eigenvalue weighted by Crippen LogP contribution is -2.39. The summed E-state index contributed by atoms with van der Waals surface area (Å²) in [6.45, 7) is 3.17. The van der Waals surface area contributed by atoms with E-state index in [1.165, 1.54) is 0 Å². The van der Waals surface area contributed by atoms with Gasteiger partial charge in [-0.1, -0.05) is 13.3 Å². The van der Waals surface area contributed by atoms with E-state index in [-0.39, 0.29) is 11.8 Å². The average molecular weight is 252 g/mol. The van der Waals surface area contributed by atoms with Crippen molar-refractivity contribution in [2.75, 3.05) is 33.1 Å². The Kier molecular flexibility index (Phi) is 8.83. The van der Waals surface area contributed by atoms with Gasteiger partial charge in [-0.15, -0.1) is 0 Å². The second-order valence-electron chi connectivity index (χ2n) is 3.83. The molecule has 1 atom stereocenters. The molecule has 0 radical (unpaired) electrons. The van der Waals surface area contributed by atoms with Gasteiger partial charge in [0.25, 0.3) is 0 Å². The summed E-state index contributed by atoms with van der Waals surface area (Å²) in [4.78, 5) is 0. The molecule has 1 unspecified atom stereocenters. The maximum absolute atomic E-state index is 11.7. The maximum Gasteiger partial charge on any atom is 0.211 e. The molecular formula is C10H24N2O3S. The highest BCUT2D eigenvalue weighted by molar-refractivity contribution is 7.89. The van der Waals surface area contributed by atoms with Crippen molar-refractivity contribution in [3.8, 4) is 0 Å². The summed E-state index contributed by atoms with van der Waals surface area (Å²) in [6.07, 6.45) is 2.36. The van der Waals surface area contributed by atoms with Crippen LogP contribution in [0.1, 0.15) is 26.2 Å². The van der Waals surface area contributed by atoms with Gasteiger partial charge in [-0.2, -0.15) is 0 Å². The Morgan fingerprint density at radius 2 is 2.06 bits per heavy atom. The van der Waals surface area contributed by atoms with E-state index < -0.39 is 10.0 Å². The molecule has 0 aliphatic carbocycles.